The van der Waals surface area contributed by atoms with Crippen LogP contribution in [0.3, 0.4) is 0 Å². The van der Waals surface area contributed by atoms with E-state index in [1.54, 1.807) is 14.0 Å². The van der Waals surface area contributed by atoms with Gasteiger partial charge in [0.15, 0.2) is 0 Å². The summed E-state index contributed by atoms with van der Waals surface area (Å²) in [4.78, 5) is 17.3. The Bertz CT molecular complexity index is 768. The Morgan fingerprint density at radius 2 is 1.74 bits per heavy atom. The minimum absolute atomic E-state index is 0.0117. The van der Waals surface area contributed by atoms with Crippen molar-refractivity contribution in [3.05, 3.63) is 65.7 Å². The molecule has 0 aromatic heterocycles. The molecule has 27 heavy (non-hydrogen) atoms. The number of nitrogens with two attached hydrogens (primary N) is 1. The zero-order valence-electron chi connectivity index (χ0n) is 16.4. The average molecular weight is 367 g/mol. The molecule has 2 aromatic rings. The van der Waals surface area contributed by atoms with Crippen LogP contribution in [0.1, 0.15) is 31.0 Å². The molecule has 0 spiro atoms. The van der Waals surface area contributed by atoms with Crippen LogP contribution in [0.5, 0.6) is 5.75 Å². The fraction of sp³-hybridized carbons (Fsp3) is 0.409. The van der Waals surface area contributed by atoms with Crippen molar-refractivity contribution in [3.8, 4) is 5.75 Å². The fourth-order valence-electron chi connectivity index (χ4n) is 3.66. The lowest BCUT2D eigenvalue weighted by atomic mass is 9.91. The van der Waals surface area contributed by atoms with Gasteiger partial charge in [-0.2, -0.15) is 0 Å². The van der Waals surface area contributed by atoms with Gasteiger partial charge in [0.2, 0.25) is 5.91 Å². The molecule has 3 rings (SSSR count). The molecule has 2 N–H and O–H groups in total. The van der Waals surface area contributed by atoms with E-state index in [0.29, 0.717) is 13.1 Å². The maximum absolute atomic E-state index is 13.0. The maximum Gasteiger partial charge on any atom is 0.247 e. The third-order valence-electron chi connectivity index (χ3n) is 5.54. The van der Waals surface area contributed by atoms with E-state index in [-0.39, 0.29) is 11.9 Å². The zero-order valence-corrected chi connectivity index (χ0v) is 16.4. The number of nitrogens with zero attached hydrogens (tertiary/aromatic N) is 2. The summed E-state index contributed by atoms with van der Waals surface area (Å²) in [7, 11) is 1.69. The van der Waals surface area contributed by atoms with E-state index in [1.807, 2.05) is 47.4 Å². The topological polar surface area (TPSA) is 58.8 Å². The lowest BCUT2D eigenvalue weighted by Crippen LogP contribution is -2.56. The second kappa shape index (κ2) is 8.11. The number of ether oxygens (including phenoxy) is 1. The third-order valence-corrected chi connectivity index (χ3v) is 5.54. The number of carbonyl (C=O) groups excluding carboxylic acids is 1. The number of piperazine rings is 1. The van der Waals surface area contributed by atoms with E-state index < -0.39 is 5.54 Å². The van der Waals surface area contributed by atoms with Gasteiger partial charge in [0, 0.05) is 32.2 Å². The molecule has 2 unspecified atom stereocenters. The Hall–Kier alpha value is -2.37. The number of hydrogen-bond acceptors (Lipinski definition) is 4. The Morgan fingerprint density at radius 3 is 2.37 bits per heavy atom. The molecule has 1 amide bonds. The van der Waals surface area contributed by atoms with Gasteiger partial charge in [-0.15, -0.1) is 0 Å². The summed E-state index contributed by atoms with van der Waals surface area (Å²) >= 11 is 0. The average Bonchev–Trinajstić information content (AvgIpc) is 2.73. The van der Waals surface area contributed by atoms with Crippen LogP contribution in [0.25, 0.3) is 0 Å². The summed E-state index contributed by atoms with van der Waals surface area (Å²) in [5.41, 5.74) is 7.49. The van der Waals surface area contributed by atoms with Gasteiger partial charge in [0.05, 0.1) is 7.11 Å². The SMILES string of the molecule is COc1cccc(C(C)N2CCN(C(=O)C(C)(N)c3ccccc3)CC2)c1. The lowest BCUT2D eigenvalue weighted by molar-refractivity contribution is -0.138. The number of carbonyl (C=O) groups is 1. The molecule has 5 nitrogen and oxygen atoms in total. The van der Waals surface area contributed by atoms with Crippen LogP contribution in [-0.2, 0) is 10.3 Å². The van der Waals surface area contributed by atoms with Crippen molar-refractivity contribution >= 4 is 5.91 Å². The van der Waals surface area contributed by atoms with E-state index in [1.165, 1.54) is 5.56 Å². The standard InChI is InChI=1S/C22H29N3O2/c1-17(18-8-7-11-20(16-18)27-3)24-12-14-25(15-13-24)21(26)22(2,23)19-9-5-4-6-10-19/h4-11,16-17H,12-15,23H2,1-3H3. The quantitative estimate of drug-likeness (QED) is 0.883. The molecule has 1 fully saturated rings. The summed E-state index contributed by atoms with van der Waals surface area (Å²) in [5, 5.41) is 0. The molecule has 1 saturated heterocycles. The van der Waals surface area contributed by atoms with Crippen LogP contribution in [0.2, 0.25) is 0 Å². The highest BCUT2D eigenvalue weighted by Crippen LogP contribution is 2.26. The second-order valence-electron chi connectivity index (χ2n) is 7.35. The predicted molar refractivity (Wildman–Crippen MR) is 108 cm³/mol. The Balaban J connectivity index is 1.63. The minimum atomic E-state index is -0.998. The van der Waals surface area contributed by atoms with Crippen LogP contribution in [-0.4, -0.2) is 49.0 Å². The highest BCUT2D eigenvalue weighted by Gasteiger charge is 2.36. The first-order chi connectivity index (χ1) is 12.9. The minimum Gasteiger partial charge on any atom is -0.497 e. The van der Waals surface area contributed by atoms with Crippen LogP contribution in [0.4, 0.5) is 0 Å². The van der Waals surface area contributed by atoms with Crippen molar-refractivity contribution in [3.63, 3.8) is 0 Å². The number of benzene rings is 2. The van der Waals surface area contributed by atoms with Gasteiger partial charge in [0.25, 0.3) is 0 Å². The molecule has 0 aliphatic carbocycles. The molecule has 2 atom stereocenters. The van der Waals surface area contributed by atoms with Crippen molar-refractivity contribution in [1.29, 1.82) is 0 Å². The molecule has 0 saturated carbocycles. The van der Waals surface area contributed by atoms with E-state index >= 15 is 0 Å². The Morgan fingerprint density at radius 1 is 1.07 bits per heavy atom. The van der Waals surface area contributed by atoms with Crippen LogP contribution in [0.15, 0.2) is 54.6 Å². The molecule has 2 aromatic carbocycles. The van der Waals surface area contributed by atoms with E-state index in [4.69, 9.17) is 10.5 Å². The Labute approximate surface area is 161 Å². The molecule has 144 valence electrons. The summed E-state index contributed by atoms with van der Waals surface area (Å²) in [6.07, 6.45) is 0. The van der Waals surface area contributed by atoms with Crippen molar-refractivity contribution in [2.75, 3.05) is 33.3 Å². The van der Waals surface area contributed by atoms with E-state index in [9.17, 15) is 4.79 Å². The van der Waals surface area contributed by atoms with Crippen LogP contribution < -0.4 is 10.5 Å². The van der Waals surface area contributed by atoms with E-state index in [2.05, 4.69) is 24.0 Å². The lowest BCUT2D eigenvalue weighted by Gasteiger charge is -2.41. The van der Waals surface area contributed by atoms with Gasteiger partial charge in [-0.1, -0.05) is 42.5 Å². The molecule has 5 heteroatoms. The first-order valence-electron chi connectivity index (χ1n) is 9.45. The summed E-state index contributed by atoms with van der Waals surface area (Å²) in [5.74, 6) is 0.859. The molecule has 0 radical (unpaired) electrons. The highest BCUT2D eigenvalue weighted by atomic mass is 16.5. The smallest absolute Gasteiger partial charge is 0.247 e. The van der Waals surface area contributed by atoms with E-state index in [0.717, 1.165) is 24.4 Å². The molecule has 1 aliphatic rings. The third kappa shape index (κ3) is 4.15. The largest absolute Gasteiger partial charge is 0.497 e. The first-order valence-corrected chi connectivity index (χ1v) is 9.45. The number of rotatable bonds is 5. The van der Waals surface area contributed by atoms with Crippen molar-refractivity contribution in [2.45, 2.75) is 25.4 Å². The highest BCUT2D eigenvalue weighted by molar-refractivity contribution is 5.87. The normalized spacial score (nSPS) is 18.6. The van der Waals surface area contributed by atoms with Crippen molar-refractivity contribution in [1.82, 2.24) is 9.80 Å². The van der Waals surface area contributed by atoms with Gasteiger partial charge in [-0.25, -0.2) is 0 Å². The van der Waals surface area contributed by atoms with Crippen LogP contribution in [0, 0.1) is 0 Å². The number of methoxy groups -OCH3 is 1. The number of amides is 1. The van der Waals surface area contributed by atoms with Crippen LogP contribution >= 0.6 is 0 Å². The summed E-state index contributed by atoms with van der Waals surface area (Å²) < 4.78 is 5.34. The number of hydrogen-bond donors (Lipinski definition) is 1. The molecule has 1 heterocycles. The van der Waals surface area contributed by atoms with Gasteiger partial charge >= 0.3 is 0 Å². The second-order valence-corrected chi connectivity index (χ2v) is 7.35. The van der Waals surface area contributed by atoms with Crippen molar-refractivity contribution in [2.24, 2.45) is 5.73 Å². The summed E-state index contributed by atoms with van der Waals surface area (Å²) in [6, 6.07) is 18.0. The monoisotopic (exact) mass is 367 g/mol. The molecular formula is C22H29N3O2. The van der Waals surface area contributed by atoms with Crippen molar-refractivity contribution < 1.29 is 9.53 Å². The first kappa shape index (κ1) is 19.4. The molecule has 0 bridgehead atoms. The predicted octanol–water partition coefficient (Wildman–Crippen LogP) is 2.77. The zero-order chi connectivity index (χ0) is 19.4. The fourth-order valence-corrected chi connectivity index (χ4v) is 3.66. The molecule has 1 aliphatic heterocycles. The van der Waals surface area contributed by atoms with Gasteiger partial charge < -0.3 is 15.4 Å². The maximum atomic E-state index is 13.0. The summed E-state index contributed by atoms with van der Waals surface area (Å²) in [6.45, 7) is 7.03. The molecular weight excluding hydrogens is 338 g/mol. The van der Waals surface area contributed by atoms with Gasteiger partial charge in [-0.3, -0.25) is 9.69 Å². The van der Waals surface area contributed by atoms with Gasteiger partial charge in [-0.05, 0) is 37.1 Å². The Kier molecular flexibility index (Phi) is 5.82. The van der Waals surface area contributed by atoms with Gasteiger partial charge in [0.1, 0.15) is 11.3 Å².